The quantitative estimate of drug-likeness (QED) is 0.800. The first-order chi connectivity index (χ1) is 9.29. The fraction of sp³-hybridized carbons (Fsp3) is 0.562. The molecule has 0 bridgehead atoms. The minimum Gasteiger partial charge on any atom is -0.396 e. The summed E-state index contributed by atoms with van der Waals surface area (Å²) in [5.74, 6) is 0.131. The van der Waals surface area contributed by atoms with Crippen molar-refractivity contribution >= 4 is 5.91 Å². The van der Waals surface area contributed by atoms with E-state index < -0.39 is 0 Å². The summed E-state index contributed by atoms with van der Waals surface area (Å²) in [5, 5.41) is 11.8. The minimum atomic E-state index is -0.352. The van der Waals surface area contributed by atoms with E-state index in [1.54, 1.807) is 0 Å². The van der Waals surface area contributed by atoms with E-state index in [1.165, 1.54) is 6.42 Å². The van der Waals surface area contributed by atoms with Gasteiger partial charge >= 0.3 is 0 Å². The molecule has 3 heteroatoms. The number of hydrogen-bond donors (Lipinski definition) is 2. The topological polar surface area (TPSA) is 49.3 Å². The van der Waals surface area contributed by atoms with Crippen molar-refractivity contribution in [1.29, 1.82) is 0 Å². The summed E-state index contributed by atoms with van der Waals surface area (Å²) in [5.41, 5.74) is 0.783. The van der Waals surface area contributed by atoms with Crippen molar-refractivity contribution in [2.24, 2.45) is 0 Å². The summed E-state index contributed by atoms with van der Waals surface area (Å²) in [7, 11) is 0. The van der Waals surface area contributed by atoms with Gasteiger partial charge in [0.05, 0.1) is 5.41 Å². The largest absolute Gasteiger partial charge is 0.396 e. The van der Waals surface area contributed by atoms with Crippen LogP contribution in [0.5, 0.6) is 0 Å². The van der Waals surface area contributed by atoms with E-state index >= 15 is 0 Å². The average molecular weight is 261 g/mol. The van der Waals surface area contributed by atoms with Gasteiger partial charge in [-0.1, -0.05) is 49.6 Å². The van der Waals surface area contributed by atoms with Gasteiger partial charge in [-0.2, -0.15) is 0 Å². The van der Waals surface area contributed by atoms with Gasteiger partial charge in [0.25, 0.3) is 0 Å². The van der Waals surface area contributed by atoms with Crippen LogP contribution < -0.4 is 5.32 Å². The third kappa shape index (κ3) is 3.16. The Bertz CT molecular complexity index is 396. The molecule has 0 radical (unpaired) electrons. The lowest BCUT2D eigenvalue weighted by Crippen LogP contribution is -2.46. The average Bonchev–Trinajstić information content (AvgIpc) is 2.49. The second-order valence-electron chi connectivity index (χ2n) is 5.34. The van der Waals surface area contributed by atoms with Crippen LogP contribution in [0.4, 0.5) is 0 Å². The molecule has 0 saturated heterocycles. The Morgan fingerprint density at radius 3 is 2.47 bits per heavy atom. The standard InChI is InChI=1S/C16H23NO2/c18-13-7-12-17-15(19)16(10-5-2-6-11-16)14-8-3-1-4-9-14/h1,3-4,8-9,18H,2,5-7,10-13H2,(H,17,19). The van der Waals surface area contributed by atoms with Gasteiger partial charge < -0.3 is 10.4 Å². The molecule has 104 valence electrons. The van der Waals surface area contributed by atoms with Crippen LogP contribution >= 0.6 is 0 Å². The SMILES string of the molecule is O=C(NCCCO)C1(c2ccccc2)CCCCC1. The number of amides is 1. The summed E-state index contributed by atoms with van der Waals surface area (Å²) >= 11 is 0. The van der Waals surface area contributed by atoms with E-state index in [9.17, 15) is 4.79 Å². The number of hydrogen-bond acceptors (Lipinski definition) is 2. The highest BCUT2D eigenvalue weighted by atomic mass is 16.3. The molecule has 0 atom stereocenters. The summed E-state index contributed by atoms with van der Waals surface area (Å²) < 4.78 is 0. The van der Waals surface area contributed by atoms with Crippen LogP contribution in [0.1, 0.15) is 44.1 Å². The lowest BCUT2D eigenvalue weighted by molar-refractivity contribution is -0.128. The molecule has 1 fully saturated rings. The zero-order valence-electron chi connectivity index (χ0n) is 11.4. The molecule has 1 aromatic rings. The molecule has 3 nitrogen and oxygen atoms in total. The Labute approximate surface area is 115 Å². The smallest absolute Gasteiger partial charge is 0.230 e. The van der Waals surface area contributed by atoms with Gasteiger partial charge in [0, 0.05) is 13.2 Å². The molecule has 0 spiro atoms. The Balaban J connectivity index is 2.17. The van der Waals surface area contributed by atoms with Crippen molar-refractivity contribution in [3.63, 3.8) is 0 Å². The van der Waals surface area contributed by atoms with Gasteiger partial charge in [-0.25, -0.2) is 0 Å². The van der Waals surface area contributed by atoms with Crippen molar-refractivity contribution < 1.29 is 9.90 Å². The maximum absolute atomic E-state index is 12.6. The van der Waals surface area contributed by atoms with Crippen molar-refractivity contribution in [1.82, 2.24) is 5.32 Å². The van der Waals surface area contributed by atoms with Crippen LogP contribution in [0.15, 0.2) is 30.3 Å². The first-order valence-corrected chi connectivity index (χ1v) is 7.24. The summed E-state index contributed by atoms with van der Waals surface area (Å²) in [6.45, 7) is 0.683. The normalized spacial score (nSPS) is 17.9. The van der Waals surface area contributed by atoms with Crippen molar-refractivity contribution in [2.75, 3.05) is 13.2 Å². The van der Waals surface area contributed by atoms with Crippen LogP contribution in [0.3, 0.4) is 0 Å². The number of carbonyl (C=O) groups is 1. The number of rotatable bonds is 5. The summed E-state index contributed by atoms with van der Waals surface area (Å²) in [6, 6.07) is 10.1. The number of benzene rings is 1. The van der Waals surface area contributed by atoms with E-state index in [0.29, 0.717) is 13.0 Å². The third-order valence-corrected chi connectivity index (χ3v) is 4.09. The molecular formula is C16H23NO2. The zero-order valence-corrected chi connectivity index (χ0v) is 11.4. The molecule has 1 saturated carbocycles. The summed E-state index contributed by atoms with van der Waals surface area (Å²) in [6.07, 6.45) is 5.93. The lowest BCUT2D eigenvalue weighted by atomic mass is 9.68. The number of aliphatic hydroxyl groups is 1. The first-order valence-electron chi connectivity index (χ1n) is 7.24. The molecule has 1 amide bonds. The molecule has 0 aliphatic heterocycles. The molecule has 0 unspecified atom stereocenters. The maximum Gasteiger partial charge on any atom is 0.230 e. The molecule has 1 aliphatic carbocycles. The van der Waals surface area contributed by atoms with Crippen LogP contribution in [0, 0.1) is 0 Å². The van der Waals surface area contributed by atoms with E-state index in [4.69, 9.17) is 5.11 Å². The highest BCUT2D eigenvalue weighted by Gasteiger charge is 2.40. The Kier molecular flexibility index (Phi) is 4.97. The Morgan fingerprint density at radius 1 is 1.16 bits per heavy atom. The Hall–Kier alpha value is -1.35. The van der Waals surface area contributed by atoms with E-state index in [2.05, 4.69) is 17.4 Å². The fourth-order valence-corrected chi connectivity index (χ4v) is 3.01. The molecule has 1 aliphatic rings. The molecular weight excluding hydrogens is 238 g/mol. The van der Waals surface area contributed by atoms with Crippen molar-refractivity contribution in [3.05, 3.63) is 35.9 Å². The Morgan fingerprint density at radius 2 is 1.84 bits per heavy atom. The molecule has 1 aromatic carbocycles. The van der Waals surface area contributed by atoms with Gasteiger partial charge in [0.1, 0.15) is 0 Å². The molecule has 19 heavy (non-hydrogen) atoms. The number of nitrogens with one attached hydrogen (secondary N) is 1. The van der Waals surface area contributed by atoms with Crippen LogP contribution in [-0.4, -0.2) is 24.2 Å². The van der Waals surface area contributed by atoms with Gasteiger partial charge in [0.2, 0.25) is 5.91 Å². The highest BCUT2D eigenvalue weighted by Crippen LogP contribution is 2.39. The molecule has 2 N–H and O–H groups in total. The van der Waals surface area contributed by atoms with E-state index in [1.807, 2.05) is 18.2 Å². The van der Waals surface area contributed by atoms with Crippen LogP contribution in [0.2, 0.25) is 0 Å². The number of carbonyl (C=O) groups excluding carboxylic acids is 1. The lowest BCUT2D eigenvalue weighted by Gasteiger charge is -2.36. The molecule has 0 aromatic heterocycles. The second kappa shape index (κ2) is 6.71. The van der Waals surface area contributed by atoms with E-state index in [0.717, 1.165) is 31.2 Å². The highest BCUT2D eigenvalue weighted by molar-refractivity contribution is 5.88. The predicted molar refractivity (Wildman–Crippen MR) is 75.9 cm³/mol. The van der Waals surface area contributed by atoms with Gasteiger partial charge in [-0.05, 0) is 24.8 Å². The third-order valence-electron chi connectivity index (χ3n) is 4.09. The molecule has 0 heterocycles. The van der Waals surface area contributed by atoms with Crippen LogP contribution in [0.25, 0.3) is 0 Å². The van der Waals surface area contributed by atoms with Crippen LogP contribution in [-0.2, 0) is 10.2 Å². The second-order valence-corrected chi connectivity index (χ2v) is 5.34. The number of aliphatic hydroxyl groups excluding tert-OH is 1. The summed E-state index contributed by atoms with van der Waals surface area (Å²) in [4.78, 5) is 12.6. The maximum atomic E-state index is 12.6. The molecule has 2 rings (SSSR count). The van der Waals surface area contributed by atoms with Crippen molar-refractivity contribution in [2.45, 2.75) is 43.9 Å². The first kappa shape index (κ1) is 14.1. The monoisotopic (exact) mass is 261 g/mol. The van der Waals surface area contributed by atoms with Crippen molar-refractivity contribution in [3.8, 4) is 0 Å². The van der Waals surface area contributed by atoms with Gasteiger partial charge in [-0.3, -0.25) is 4.79 Å². The predicted octanol–water partition coefficient (Wildman–Crippen LogP) is 2.39. The van der Waals surface area contributed by atoms with E-state index in [-0.39, 0.29) is 17.9 Å². The van der Waals surface area contributed by atoms with Gasteiger partial charge in [0.15, 0.2) is 0 Å². The fourth-order valence-electron chi connectivity index (χ4n) is 3.01. The zero-order chi connectivity index (χ0) is 13.6. The minimum absolute atomic E-state index is 0.124. The van der Waals surface area contributed by atoms with Gasteiger partial charge in [-0.15, -0.1) is 0 Å².